The lowest BCUT2D eigenvalue weighted by molar-refractivity contribution is 0.0997. The molecule has 2 N–H and O–H groups in total. The first-order valence-corrected chi connectivity index (χ1v) is 10.4. The lowest BCUT2D eigenvalue weighted by Gasteiger charge is -2.07. The van der Waals surface area contributed by atoms with Crippen LogP contribution in [0.25, 0.3) is 11.0 Å². The minimum absolute atomic E-state index is 0.0749. The van der Waals surface area contributed by atoms with Crippen molar-refractivity contribution in [3.63, 3.8) is 0 Å². The summed E-state index contributed by atoms with van der Waals surface area (Å²) in [6, 6.07) is 11.9. The monoisotopic (exact) mass is 431 g/mol. The fourth-order valence-electron chi connectivity index (χ4n) is 2.68. The van der Waals surface area contributed by atoms with Gasteiger partial charge in [0.15, 0.2) is 10.1 Å². The predicted molar refractivity (Wildman–Crippen MR) is 111 cm³/mol. The molecule has 0 saturated heterocycles. The number of carbonyl (C=O) groups is 1. The molecule has 28 heavy (non-hydrogen) atoms. The maximum atomic E-state index is 12.9. The van der Waals surface area contributed by atoms with Crippen LogP contribution in [0, 0.1) is 6.92 Å². The van der Waals surface area contributed by atoms with E-state index >= 15 is 0 Å². The third kappa shape index (κ3) is 3.84. The average molecular weight is 432 g/mol. The third-order valence-corrected chi connectivity index (χ3v) is 6.19. The summed E-state index contributed by atoms with van der Waals surface area (Å²) in [6.45, 7) is 1.89. The van der Waals surface area contributed by atoms with Gasteiger partial charge in [0.25, 0.3) is 5.91 Å². The van der Waals surface area contributed by atoms with E-state index in [9.17, 15) is 9.90 Å². The molecule has 0 fully saturated rings. The minimum atomic E-state index is -0.460. The van der Waals surface area contributed by atoms with Crippen LogP contribution >= 0.6 is 34.7 Å². The number of amides is 1. The number of benzene rings is 2. The van der Waals surface area contributed by atoms with Gasteiger partial charge < -0.3 is 14.8 Å². The number of carbonyl (C=O) groups excluding carboxylic acids is 1. The number of phenolic OH excluding ortho intramolecular Hbond substituents is 1. The second-order valence-electron chi connectivity index (χ2n) is 5.90. The Hall–Kier alpha value is -2.55. The number of nitrogens with zero attached hydrogens (tertiary/aromatic N) is 2. The first kappa shape index (κ1) is 18.8. The Morgan fingerprint density at radius 1 is 1.29 bits per heavy atom. The number of aromatic nitrogens is 2. The summed E-state index contributed by atoms with van der Waals surface area (Å²) in [6.07, 6.45) is 0. The highest BCUT2D eigenvalue weighted by atomic mass is 35.5. The van der Waals surface area contributed by atoms with Crippen LogP contribution in [0.3, 0.4) is 0 Å². The Bertz CT molecular complexity index is 1170. The molecule has 142 valence electrons. The van der Waals surface area contributed by atoms with Crippen molar-refractivity contribution in [2.45, 2.75) is 17.0 Å². The number of hydrogen-bond donors (Lipinski definition) is 2. The van der Waals surface area contributed by atoms with Gasteiger partial charge in [0, 0.05) is 21.7 Å². The Morgan fingerprint density at radius 3 is 2.89 bits per heavy atom. The van der Waals surface area contributed by atoms with Crippen LogP contribution < -0.4 is 5.32 Å². The summed E-state index contributed by atoms with van der Waals surface area (Å²) in [5.74, 6) is 0.150. The van der Waals surface area contributed by atoms with Crippen LogP contribution in [-0.2, 0) is 5.75 Å². The minimum Gasteiger partial charge on any atom is -0.506 e. The number of halogens is 1. The van der Waals surface area contributed by atoms with Crippen molar-refractivity contribution >= 4 is 57.3 Å². The van der Waals surface area contributed by atoms with Crippen LogP contribution in [0.2, 0.25) is 5.02 Å². The zero-order valence-corrected chi connectivity index (χ0v) is 17.0. The molecule has 0 spiro atoms. The van der Waals surface area contributed by atoms with E-state index in [1.54, 1.807) is 6.07 Å². The molecule has 9 heteroatoms. The van der Waals surface area contributed by atoms with Gasteiger partial charge in [-0.05, 0) is 31.2 Å². The van der Waals surface area contributed by atoms with Crippen molar-refractivity contribution in [3.8, 4) is 5.75 Å². The molecule has 4 rings (SSSR count). The third-order valence-electron chi connectivity index (χ3n) is 3.96. The molecule has 2 heterocycles. The quantitative estimate of drug-likeness (QED) is 0.320. The highest BCUT2D eigenvalue weighted by Crippen LogP contribution is 2.34. The number of para-hydroxylation sites is 1. The molecule has 0 radical (unpaired) electrons. The number of anilines is 1. The van der Waals surface area contributed by atoms with E-state index in [0.29, 0.717) is 16.4 Å². The van der Waals surface area contributed by atoms with E-state index in [4.69, 9.17) is 16.0 Å². The van der Waals surface area contributed by atoms with Crippen LogP contribution in [0.1, 0.15) is 21.1 Å². The van der Waals surface area contributed by atoms with Gasteiger partial charge in [0.05, 0.1) is 5.69 Å². The van der Waals surface area contributed by atoms with Crippen LogP contribution in [0.4, 0.5) is 5.69 Å². The topological polar surface area (TPSA) is 88.2 Å². The highest BCUT2D eigenvalue weighted by Gasteiger charge is 2.22. The molecule has 6 nitrogen and oxygen atoms in total. The molecule has 0 bridgehead atoms. The Balaban J connectivity index is 1.67. The molecule has 1 amide bonds. The zero-order chi connectivity index (χ0) is 19.7. The molecular formula is C19H14ClN3O3S2. The van der Waals surface area contributed by atoms with E-state index < -0.39 is 5.91 Å². The van der Waals surface area contributed by atoms with Gasteiger partial charge >= 0.3 is 0 Å². The predicted octanol–water partition coefficient (Wildman–Crippen LogP) is 5.50. The van der Waals surface area contributed by atoms with Crippen molar-refractivity contribution in [2.24, 2.45) is 0 Å². The van der Waals surface area contributed by atoms with Crippen molar-refractivity contribution in [1.29, 1.82) is 0 Å². The van der Waals surface area contributed by atoms with E-state index in [-0.39, 0.29) is 17.2 Å². The van der Waals surface area contributed by atoms with Crippen molar-refractivity contribution < 1.29 is 14.3 Å². The maximum Gasteiger partial charge on any atom is 0.291 e. The average Bonchev–Trinajstić information content (AvgIpc) is 3.26. The second-order valence-corrected chi connectivity index (χ2v) is 8.74. The SMILES string of the molecule is Cc1nnc(SCc2c(C(=O)Nc3cc(Cl)ccc3O)oc3ccccc23)s1. The van der Waals surface area contributed by atoms with Gasteiger partial charge in [0.1, 0.15) is 16.3 Å². The summed E-state index contributed by atoms with van der Waals surface area (Å²) in [4.78, 5) is 12.9. The van der Waals surface area contributed by atoms with E-state index in [2.05, 4.69) is 15.5 Å². The molecular weight excluding hydrogens is 418 g/mol. The lowest BCUT2D eigenvalue weighted by atomic mass is 10.1. The van der Waals surface area contributed by atoms with Crippen LogP contribution in [0.5, 0.6) is 5.75 Å². The lowest BCUT2D eigenvalue weighted by Crippen LogP contribution is -2.13. The molecule has 0 atom stereocenters. The smallest absolute Gasteiger partial charge is 0.291 e. The Morgan fingerprint density at radius 2 is 2.11 bits per heavy atom. The number of furan rings is 1. The number of fused-ring (bicyclic) bond motifs is 1. The Labute approximate surface area is 173 Å². The van der Waals surface area contributed by atoms with Crippen molar-refractivity contribution in [2.75, 3.05) is 5.32 Å². The van der Waals surface area contributed by atoms with Crippen LogP contribution in [-0.4, -0.2) is 21.2 Å². The fraction of sp³-hybridized carbons (Fsp3) is 0.105. The molecule has 0 aliphatic carbocycles. The molecule has 0 aliphatic rings. The number of aromatic hydroxyl groups is 1. The number of nitrogens with one attached hydrogen (secondary N) is 1. The van der Waals surface area contributed by atoms with E-state index in [1.165, 1.54) is 35.2 Å². The van der Waals surface area contributed by atoms with Gasteiger partial charge in [-0.1, -0.05) is 52.9 Å². The first-order chi connectivity index (χ1) is 13.5. The molecule has 0 unspecified atom stereocenters. The standard InChI is InChI=1S/C19H14ClN3O3S2/c1-10-22-23-19(28-10)27-9-13-12-4-2-3-5-16(12)26-17(13)18(25)21-14-8-11(20)6-7-15(14)24/h2-8,24H,9H2,1H3,(H,21,25). The van der Waals surface area contributed by atoms with Gasteiger partial charge in [-0.2, -0.15) is 0 Å². The fourth-order valence-corrected chi connectivity index (χ4v) is 4.70. The van der Waals surface area contributed by atoms with Crippen LogP contribution in [0.15, 0.2) is 51.2 Å². The summed E-state index contributed by atoms with van der Waals surface area (Å²) < 4.78 is 6.65. The number of rotatable bonds is 5. The normalized spacial score (nSPS) is 11.1. The summed E-state index contributed by atoms with van der Waals surface area (Å²) >= 11 is 8.95. The van der Waals surface area contributed by atoms with Crippen molar-refractivity contribution in [1.82, 2.24) is 10.2 Å². The number of hydrogen-bond acceptors (Lipinski definition) is 7. The molecule has 2 aromatic carbocycles. The van der Waals surface area contributed by atoms with E-state index in [1.807, 2.05) is 31.2 Å². The second kappa shape index (κ2) is 7.83. The van der Waals surface area contributed by atoms with Gasteiger partial charge in [-0.3, -0.25) is 4.79 Å². The van der Waals surface area contributed by atoms with Crippen molar-refractivity contribution in [3.05, 3.63) is 63.8 Å². The van der Waals surface area contributed by atoms with E-state index in [0.717, 1.165) is 20.3 Å². The van der Waals surface area contributed by atoms with Gasteiger partial charge in [-0.15, -0.1) is 10.2 Å². The summed E-state index contributed by atoms with van der Waals surface area (Å²) in [5, 5.41) is 22.9. The molecule has 4 aromatic rings. The first-order valence-electron chi connectivity index (χ1n) is 8.24. The molecule has 0 saturated carbocycles. The summed E-state index contributed by atoms with van der Waals surface area (Å²) in [7, 11) is 0. The largest absolute Gasteiger partial charge is 0.506 e. The Kier molecular flexibility index (Phi) is 5.25. The molecule has 0 aliphatic heterocycles. The number of aryl methyl sites for hydroxylation is 1. The number of phenols is 1. The zero-order valence-electron chi connectivity index (χ0n) is 14.6. The summed E-state index contributed by atoms with van der Waals surface area (Å²) in [5.41, 5.74) is 1.59. The highest BCUT2D eigenvalue weighted by molar-refractivity contribution is 8.00. The van der Waals surface area contributed by atoms with Gasteiger partial charge in [-0.25, -0.2) is 0 Å². The number of thioether (sulfide) groups is 1. The maximum absolute atomic E-state index is 12.9. The molecule has 2 aromatic heterocycles. The van der Waals surface area contributed by atoms with Gasteiger partial charge in [0.2, 0.25) is 0 Å².